The molecule has 2 aromatic heterocycles. The first kappa shape index (κ1) is 20.7. The van der Waals surface area contributed by atoms with E-state index in [2.05, 4.69) is 9.97 Å². The van der Waals surface area contributed by atoms with Crippen molar-refractivity contribution in [2.45, 2.75) is 0 Å². The van der Waals surface area contributed by atoms with Crippen molar-refractivity contribution >= 4 is 68.2 Å². The average molecular weight is 456 g/mol. The number of hydrogen-bond acceptors (Lipinski definition) is 4. The Hall–Kier alpha value is -1.98. The third-order valence-corrected chi connectivity index (χ3v) is 4.87. The third-order valence-electron chi connectivity index (χ3n) is 3.87. The summed E-state index contributed by atoms with van der Waals surface area (Å²) < 4.78 is 10.3. The molecule has 0 aliphatic heterocycles. The predicted octanol–water partition coefficient (Wildman–Crippen LogP) is 7.10. The average Bonchev–Trinajstić information content (AvgIpc) is 2.67. The molecule has 4 rings (SSSR count). The van der Waals surface area contributed by atoms with Crippen LogP contribution in [0, 0.1) is 0 Å². The maximum atomic E-state index is 6.04. The molecule has 8 heteroatoms. The summed E-state index contributed by atoms with van der Waals surface area (Å²) >= 11 is 23.6. The largest absolute Gasteiger partial charge is 0.497 e. The minimum Gasteiger partial charge on any atom is -0.497 e. The van der Waals surface area contributed by atoms with Gasteiger partial charge in [0.2, 0.25) is 0 Å². The van der Waals surface area contributed by atoms with E-state index in [-0.39, 0.29) is 0 Å². The zero-order valence-electron chi connectivity index (χ0n) is 14.8. The highest BCUT2D eigenvalue weighted by atomic mass is 35.5. The molecular weight excluding hydrogens is 442 g/mol. The number of benzene rings is 2. The van der Waals surface area contributed by atoms with E-state index < -0.39 is 0 Å². The van der Waals surface area contributed by atoms with Crippen molar-refractivity contribution in [3.05, 3.63) is 68.9 Å². The summed E-state index contributed by atoms with van der Waals surface area (Å²) in [5.74, 6) is 1.44. The van der Waals surface area contributed by atoms with Crippen LogP contribution in [0.15, 0.2) is 48.5 Å². The van der Waals surface area contributed by atoms with Gasteiger partial charge in [-0.15, -0.1) is 0 Å². The molecule has 0 N–H and O–H groups in total. The molecule has 4 nitrogen and oxygen atoms in total. The molecule has 0 radical (unpaired) electrons. The Morgan fingerprint density at radius 2 is 1.39 bits per heavy atom. The van der Waals surface area contributed by atoms with Gasteiger partial charge < -0.3 is 9.47 Å². The van der Waals surface area contributed by atoms with Gasteiger partial charge in [-0.25, -0.2) is 9.97 Å². The van der Waals surface area contributed by atoms with Crippen molar-refractivity contribution in [2.75, 3.05) is 14.2 Å². The Kier molecular flexibility index (Phi) is 6.68. The fourth-order valence-corrected chi connectivity index (χ4v) is 3.68. The summed E-state index contributed by atoms with van der Waals surface area (Å²) in [6.45, 7) is 0. The first-order chi connectivity index (χ1) is 13.4. The molecule has 0 fully saturated rings. The summed E-state index contributed by atoms with van der Waals surface area (Å²) in [6.07, 6.45) is 0. The van der Waals surface area contributed by atoms with Crippen LogP contribution in [0.4, 0.5) is 0 Å². The van der Waals surface area contributed by atoms with Gasteiger partial charge in [0.1, 0.15) is 21.8 Å². The number of halogens is 4. The molecule has 0 atom stereocenters. The van der Waals surface area contributed by atoms with Crippen LogP contribution in [0.3, 0.4) is 0 Å². The lowest BCUT2D eigenvalue weighted by molar-refractivity contribution is 0.415. The highest BCUT2D eigenvalue weighted by Crippen LogP contribution is 2.32. The molecule has 4 aromatic rings. The van der Waals surface area contributed by atoms with Crippen LogP contribution in [-0.2, 0) is 0 Å². The second kappa shape index (κ2) is 9.01. The van der Waals surface area contributed by atoms with Crippen LogP contribution in [0.25, 0.3) is 21.8 Å². The van der Waals surface area contributed by atoms with Gasteiger partial charge in [0, 0.05) is 11.5 Å². The van der Waals surface area contributed by atoms with Crippen molar-refractivity contribution in [3.8, 4) is 11.5 Å². The van der Waals surface area contributed by atoms with Gasteiger partial charge in [-0.1, -0.05) is 52.5 Å². The smallest absolute Gasteiger partial charge is 0.131 e. The minimum absolute atomic E-state index is 0.385. The Balaban J connectivity index is 0.000000161. The number of pyridine rings is 2. The van der Waals surface area contributed by atoms with Crippen molar-refractivity contribution in [3.63, 3.8) is 0 Å². The number of nitrogens with zero attached hydrogens (tertiary/aromatic N) is 2. The number of hydrogen-bond donors (Lipinski definition) is 0. The van der Waals surface area contributed by atoms with E-state index in [1.165, 1.54) is 0 Å². The van der Waals surface area contributed by atoms with Gasteiger partial charge in [0.25, 0.3) is 0 Å². The zero-order valence-corrected chi connectivity index (χ0v) is 17.9. The first-order valence-corrected chi connectivity index (χ1v) is 9.52. The minimum atomic E-state index is 0.385. The molecule has 0 aliphatic carbocycles. The zero-order chi connectivity index (χ0) is 20.3. The molecular formula is C20H14Cl4N2O2. The fraction of sp³-hybridized carbons (Fsp3) is 0.100. The Morgan fingerprint density at radius 3 is 2.07 bits per heavy atom. The number of rotatable bonds is 2. The molecule has 0 saturated heterocycles. The molecule has 0 unspecified atom stereocenters. The van der Waals surface area contributed by atoms with Crippen LogP contribution < -0.4 is 9.47 Å². The molecule has 2 heterocycles. The predicted molar refractivity (Wildman–Crippen MR) is 117 cm³/mol. The van der Waals surface area contributed by atoms with Crippen molar-refractivity contribution in [2.24, 2.45) is 0 Å². The molecule has 144 valence electrons. The number of fused-ring (bicyclic) bond motifs is 2. The van der Waals surface area contributed by atoms with Crippen molar-refractivity contribution in [1.82, 2.24) is 9.97 Å². The van der Waals surface area contributed by atoms with E-state index in [9.17, 15) is 0 Å². The van der Waals surface area contributed by atoms with Gasteiger partial charge in [0.05, 0.1) is 40.7 Å². The summed E-state index contributed by atoms with van der Waals surface area (Å²) in [5.41, 5.74) is 1.48. The Bertz CT molecular complexity index is 1140. The van der Waals surface area contributed by atoms with Crippen LogP contribution in [0.1, 0.15) is 0 Å². The molecule has 2 aromatic carbocycles. The lowest BCUT2D eigenvalue weighted by atomic mass is 10.2. The number of methoxy groups -OCH3 is 2. The van der Waals surface area contributed by atoms with E-state index in [1.54, 1.807) is 32.4 Å². The maximum absolute atomic E-state index is 6.04. The van der Waals surface area contributed by atoms with Crippen LogP contribution in [0.2, 0.25) is 20.4 Å². The van der Waals surface area contributed by atoms with Crippen LogP contribution in [0.5, 0.6) is 11.5 Å². The van der Waals surface area contributed by atoms with E-state index in [0.717, 1.165) is 27.6 Å². The summed E-state index contributed by atoms with van der Waals surface area (Å²) in [4.78, 5) is 8.29. The van der Waals surface area contributed by atoms with Gasteiger partial charge in [-0.2, -0.15) is 0 Å². The Morgan fingerprint density at radius 1 is 0.714 bits per heavy atom. The van der Waals surface area contributed by atoms with Crippen molar-refractivity contribution < 1.29 is 9.47 Å². The highest BCUT2D eigenvalue weighted by Gasteiger charge is 2.07. The van der Waals surface area contributed by atoms with E-state index in [1.807, 2.05) is 30.3 Å². The lowest BCUT2D eigenvalue weighted by Gasteiger charge is -2.06. The molecule has 0 spiro atoms. The Labute approximate surface area is 181 Å². The number of aromatic nitrogens is 2. The van der Waals surface area contributed by atoms with Gasteiger partial charge in [0.15, 0.2) is 0 Å². The van der Waals surface area contributed by atoms with Crippen molar-refractivity contribution in [1.29, 1.82) is 0 Å². The number of ether oxygens (including phenoxy) is 2. The summed E-state index contributed by atoms with van der Waals surface area (Å²) in [5, 5.41) is 3.59. The quantitative estimate of drug-likeness (QED) is 0.302. The van der Waals surface area contributed by atoms with Crippen LogP contribution in [-0.4, -0.2) is 24.2 Å². The normalized spacial score (nSPS) is 10.5. The molecule has 0 saturated carbocycles. The van der Waals surface area contributed by atoms with E-state index >= 15 is 0 Å². The van der Waals surface area contributed by atoms with Gasteiger partial charge in [-0.3, -0.25) is 0 Å². The molecule has 0 bridgehead atoms. The summed E-state index contributed by atoms with van der Waals surface area (Å²) in [7, 11) is 3.20. The topological polar surface area (TPSA) is 44.2 Å². The third kappa shape index (κ3) is 4.53. The lowest BCUT2D eigenvalue weighted by Crippen LogP contribution is -1.87. The first-order valence-electron chi connectivity index (χ1n) is 8.01. The highest BCUT2D eigenvalue weighted by molar-refractivity contribution is 6.38. The van der Waals surface area contributed by atoms with E-state index in [0.29, 0.717) is 26.1 Å². The SMILES string of the molecule is COc1ccc2c(Cl)cc(Cl)nc2c1.COc1cccc2nc(Cl)cc(Cl)c12. The van der Waals surface area contributed by atoms with E-state index in [4.69, 9.17) is 55.9 Å². The molecule has 0 aliphatic rings. The molecule has 0 amide bonds. The summed E-state index contributed by atoms with van der Waals surface area (Å²) in [6, 6.07) is 14.3. The van der Waals surface area contributed by atoms with Gasteiger partial charge >= 0.3 is 0 Å². The maximum Gasteiger partial charge on any atom is 0.131 e. The van der Waals surface area contributed by atoms with Gasteiger partial charge in [-0.05, 0) is 36.4 Å². The van der Waals surface area contributed by atoms with Crippen LogP contribution >= 0.6 is 46.4 Å². The second-order valence-corrected chi connectivity index (χ2v) is 7.18. The standard InChI is InChI=1S/2C10H7Cl2NO/c1-14-6-2-3-7-8(11)5-10(12)13-9(7)4-6;1-14-8-4-2-3-7-10(8)6(11)5-9(12)13-7/h2*2-5H,1H3. The second-order valence-electron chi connectivity index (χ2n) is 5.59. The monoisotopic (exact) mass is 454 g/mol. The fourth-order valence-electron chi connectivity index (χ4n) is 2.61. The molecule has 28 heavy (non-hydrogen) atoms.